The minimum absolute atomic E-state index is 0.0583. The molecular weight excluding hydrogens is 254 g/mol. The molecule has 1 N–H and O–H groups in total. The molecule has 1 aliphatic heterocycles. The second-order valence-corrected chi connectivity index (χ2v) is 4.99. The first-order valence-corrected chi connectivity index (χ1v) is 6.15. The fourth-order valence-electron chi connectivity index (χ4n) is 2.23. The van der Waals surface area contributed by atoms with Gasteiger partial charge in [-0.05, 0) is 19.1 Å². The summed E-state index contributed by atoms with van der Waals surface area (Å²) in [6.07, 6.45) is -0.275. The molecule has 1 aliphatic rings. The first kappa shape index (κ1) is 13.7. The first-order chi connectivity index (χ1) is 8.81. The van der Waals surface area contributed by atoms with Crippen LogP contribution in [-0.4, -0.2) is 35.1 Å². The maximum atomic E-state index is 13.5. The van der Waals surface area contributed by atoms with E-state index in [9.17, 15) is 13.6 Å². The summed E-state index contributed by atoms with van der Waals surface area (Å²) in [5.74, 6) is -4.31. The van der Waals surface area contributed by atoms with E-state index < -0.39 is 17.8 Å². The van der Waals surface area contributed by atoms with Gasteiger partial charge < -0.3 is 10.0 Å². The zero-order valence-electron chi connectivity index (χ0n) is 10.9. The molecule has 1 atom stereocenters. The van der Waals surface area contributed by atoms with Crippen molar-refractivity contribution >= 4 is 11.8 Å². The molecule has 104 valence electrons. The maximum Gasteiger partial charge on any atom is 0.339 e. The second-order valence-electron chi connectivity index (χ2n) is 4.99. The molecule has 1 fully saturated rings. The number of halogens is 2. The van der Waals surface area contributed by atoms with E-state index in [0.29, 0.717) is 5.69 Å². The molecule has 4 nitrogen and oxygen atoms in total. The summed E-state index contributed by atoms with van der Waals surface area (Å²) in [4.78, 5) is 17.0. The van der Waals surface area contributed by atoms with Crippen molar-refractivity contribution in [3.05, 3.63) is 23.4 Å². The van der Waals surface area contributed by atoms with Gasteiger partial charge in [0.1, 0.15) is 11.4 Å². The van der Waals surface area contributed by atoms with Gasteiger partial charge in [0.15, 0.2) is 0 Å². The number of alkyl halides is 2. The molecule has 0 bridgehead atoms. The molecule has 0 saturated carbocycles. The van der Waals surface area contributed by atoms with Crippen molar-refractivity contribution in [1.82, 2.24) is 4.98 Å². The molecule has 2 rings (SSSR count). The number of carboxylic acids is 1. The lowest BCUT2D eigenvalue weighted by Gasteiger charge is -2.37. The predicted molar refractivity (Wildman–Crippen MR) is 66.9 cm³/mol. The van der Waals surface area contributed by atoms with Crippen molar-refractivity contribution < 1.29 is 18.7 Å². The third-order valence-electron chi connectivity index (χ3n) is 3.47. The molecule has 6 heteroatoms. The highest BCUT2D eigenvalue weighted by atomic mass is 19.3. The number of aromatic carboxylic acids is 1. The summed E-state index contributed by atoms with van der Waals surface area (Å²) in [7, 11) is 0. The Kier molecular flexibility index (Phi) is 3.43. The lowest BCUT2D eigenvalue weighted by molar-refractivity contribution is -0.0652. The molecular formula is C13H16F2N2O2. The van der Waals surface area contributed by atoms with E-state index in [1.807, 2.05) is 0 Å². The number of carboxylic acid groups (broad SMARTS) is 1. The molecule has 0 radical (unpaired) electrons. The summed E-state index contributed by atoms with van der Waals surface area (Å²) in [5.41, 5.74) is 0.730. The lowest BCUT2D eigenvalue weighted by atomic mass is 9.95. The Balaban J connectivity index is 2.32. The van der Waals surface area contributed by atoms with Crippen LogP contribution < -0.4 is 4.90 Å². The first-order valence-electron chi connectivity index (χ1n) is 6.15. The molecule has 0 amide bonds. The van der Waals surface area contributed by atoms with E-state index >= 15 is 0 Å². The standard InChI is InChI=1S/C13H16F2N2O2/c1-8-7-17(6-5-13(8,14)15)11-10(12(18)19)4-3-9(2)16-11/h3-4,8H,5-7H2,1-2H3,(H,18,19). The Bertz CT molecular complexity index is 505. The summed E-state index contributed by atoms with van der Waals surface area (Å²) < 4.78 is 26.9. The Hall–Kier alpha value is -1.72. The molecule has 2 heterocycles. The average Bonchev–Trinajstić information content (AvgIpc) is 2.32. The topological polar surface area (TPSA) is 53.4 Å². The molecule has 0 aromatic carbocycles. The summed E-state index contributed by atoms with van der Waals surface area (Å²) >= 11 is 0. The SMILES string of the molecule is Cc1ccc(C(=O)O)c(N2CCC(F)(F)C(C)C2)n1. The monoisotopic (exact) mass is 270 g/mol. The second kappa shape index (κ2) is 4.75. The van der Waals surface area contributed by atoms with E-state index in [2.05, 4.69) is 4.98 Å². The third kappa shape index (κ3) is 2.67. The highest BCUT2D eigenvalue weighted by Gasteiger charge is 2.42. The number of pyridine rings is 1. The predicted octanol–water partition coefficient (Wildman–Crippen LogP) is 2.57. The van der Waals surface area contributed by atoms with Gasteiger partial charge in [-0.2, -0.15) is 0 Å². The van der Waals surface area contributed by atoms with Gasteiger partial charge in [0.25, 0.3) is 5.92 Å². The summed E-state index contributed by atoms with van der Waals surface area (Å²) in [6.45, 7) is 3.46. The van der Waals surface area contributed by atoms with E-state index in [4.69, 9.17) is 5.11 Å². The van der Waals surface area contributed by atoms with Gasteiger partial charge in [-0.3, -0.25) is 0 Å². The minimum Gasteiger partial charge on any atom is -0.478 e. The number of piperidine rings is 1. The van der Waals surface area contributed by atoms with E-state index in [1.165, 1.54) is 13.0 Å². The van der Waals surface area contributed by atoms with Crippen LogP contribution in [0.2, 0.25) is 0 Å². The van der Waals surface area contributed by atoms with Crippen LogP contribution in [0.15, 0.2) is 12.1 Å². The van der Waals surface area contributed by atoms with Gasteiger partial charge in [-0.15, -0.1) is 0 Å². The number of hydrogen-bond donors (Lipinski definition) is 1. The molecule has 19 heavy (non-hydrogen) atoms. The quantitative estimate of drug-likeness (QED) is 0.897. The average molecular weight is 270 g/mol. The number of carbonyl (C=O) groups is 1. The number of aryl methyl sites for hydroxylation is 1. The van der Waals surface area contributed by atoms with E-state index in [1.54, 1.807) is 17.9 Å². The fourth-order valence-corrected chi connectivity index (χ4v) is 2.23. The fraction of sp³-hybridized carbons (Fsp3) is 0.538. The van der Waals surface area contributed by atoms with E-state index in [-0.39, 0.29) is 30.9 Å². The third-order valence-corrected chi connectivity index (χ3v) is 3.47. The van der Waals surface area contributed by atoms with Crippen molar-refractivity contribution in [2.75, 3.05) is 18.0 Å². The maximum absolute atomic E-state index is 13.5. The smallest absolute Gasteiger partial charge is 0.339 e. The van der Waals surface area contributed by atoms with Crippen LogP contribution >= 0.6 is 0 Å². The molecule has 1 saturated heterocycles. The van der Waals surface area contributed by atoms with Crippen molar-refractivity contribution in [3.63, 3.8) is 0 Å². The molecule has 1 aromatic rings. The van der Waals surface area contributed by atoms with Crippen molar-refractivity contribution in [1.29, 1.82) is 0 Å². The van der Waals surface area contributed by atoms with Gasteiger partial charge in [0.2, 0.25) is 0 Å². The highest BCUT2D eigenvalue weighted by Crippen LogP contribution is 2.35. The van der Waals surface area contributed by atoms with Crippen molar-refractivity contribution in [2.45, 2.75) is 26.2 Å². The van der Waals surface area contributed by atoms with Crippen LogP contribution in [0.4, 0.5) is 14.6 Å². The lowest BCUT2D eigenvalue weighted by Crippen LogP contribution is -2.46. The highest BCUT2D eigenvalue weighted by molar-refractivity contribution is 5.93. The van der Waals surface area contributed by atoms with Crippen molar-refractivity contribution in [2.24, 2.45) is 5.92 Å². The zero-order valence-corrected chi connectivity index (χ0v) is 10.9. The molecule has 1 aromatic heterocycles. The Labute approximate surface area is 110 Å². The van der Waals surface area contributed by atoms with Gasteiger partial charge in [-0.1, -0.05) is 6.92 Å². The Morgan fingerprint density at radius 3 is 2.79 bits per heavy atom. The van der Waals surface area contributed by atoms with Crippen LogP contribution in [-0.2, 0) is 0 Å². The largest absolute Gasteiger partial charge is 0.478 e. The zero-order chi connectivity index (χ0) is 14.2. The van der Waals surface area contributed by atoms with Gasteiger partial charge in [0.05, 0.1) is 0 Å². The van der Waals surface area contributed by atoms with Crippen LogP contribution in [0.1, 0.15) is 29.4 Å². The van der Waals surface area contributed by atoms with Crippen LogP contribution in [0, 0.1) is 12.8 Å². The minimum atomic E-state index is -2.69. The number of aromatic nitrogens is 1. The molecule has 0 aliphatic carbocycles. The number of nitrogens with zero attached hydrogens (tertiary/aromatic N) is 2. The van der Waals surface area contributed by atoms with Gasteiger partial charge in [-0.25, -0.2) is 18.6 Å². The van der Waals surface area contributed by atoms with Crippen LogP contribution in [0.5, 0.6) is 0 Å². The number of anilines is 1. The van der Waals surface area contributed by atoms with Crippen molar-refractivity contribution in [3.8, 4) is 0 Å². The number of hydrogen-bond acceptors (Lipinski definition) is 3. The molecule has 0 spiro atoms. The molecule has 1 unspecified atom stereocenters. The van der Waals surface area contributed by atoms with Crippen LogP contribution in [0.3, 0.4) is 0 Å². The Morgan fingerprint density at radius 2 is 2.21 bits per heavy atom. The van der Waals surface area contributed by atoms with E-state index in [0.717, 1.165) is 0 Å². The van der Waals surface area contributed by atoms with Crippen LogP contribution in [0.25, 0.3) is 0 Å². The van der Waals surface area contributed by atoms with Gasteiger partial charge >= 0.3 is 5.97 Å². The summed E-state index contributed by atoms with van der Waals surface area (Å²) in [6, 6.07) is 3.08. The normalized spacial score (nSPS) is 22.3. The summed E-state index contributed by atoms with van der Waals surface area (Å²) in [5, 5.41) is 9.14. The number of rotatable bonds is 2. The Morgan fingerprint density at radius 1 is 1.53 bits per heavy atom. The van der Waals surface area contributed by atoms with Gasteiger partial charge in [0, 0.05) is 31.1 Å².